The normalized spacial score (nSPS) is 18.4. The molecule has 7 nitrogen and oxygen atoms in total. The van der Waals surface area contributed by atoms with Crippen molar-refractivity contribution >= 4 is 41.0 Å². The Kier molecular flexibility index (Phi) is 4.17. The monoisotopic (exact) mass is 405 g/mol. The van der Waals surface area contributed by atoms with Gasteiger partial charge in [-0.15, -0.1) is 5.10 Å². The zero-order valence-electron chi connectivity index (χ0n) is 15.2. The summed E-state index contributed by atoms with van der Waals surface area (Å²) in [5, 5.41) is 8.41. The molecule has 8 heteroatoms. The molecule has 2 aromatic carbocycles. The number of halogens is 1. The number of aromatic nitrogens is 3. The van der Waals surface area contributed by atoms with Crippen LogP contribution in [0.4, 0.5) is 11.9 Å². The molecule has 1 saturated heterocycles. The van der Waals surface area contributed by atoms with Gasteiger partial charge in [-0.25, -0.2) is 9.58 Å². The molecule has 5 rings (SSSR count). The fraction of sp³-hybridized carbons (Fsp3) is 0.143. The number of imide groups is 1. The highest BCUT2D eigenvalue weighted by Crippen LogP contribution is 2.34. The summed E-state index contributed by atoms with van der Waals surface area (Å²) < 4.78 is 1.70. The Bertz CT molecular complexity index is 1120. The van der Waals surface area contributed by atoms with Crippen molar-refractivity contribution in [3.05, 3.63) is 76.8 Å². The molecule has 0 aliphatic carbocycles. The lowest BCUT2D eigenvalue weighted by Crippen LogP contribution is -2.29. The van der Waals surface area contributed by atoms with Crippen molar-refractivity contribution < 1.29 is 9.59 Å². The first-order valence-corrected chi connectivity index (χ1v) is 9.60. The van der Waals surface area contributed by atoms with E-state index >= 15 is 0 Å². The molecular weight excluding hydrogens is 390 g/mol. The third-order valence-electron chi connectivity index (χ3n) is 5.00. The molecule has 1 N–H and O–H groups in total. The Morgan fingerprint density at radius 3 is 2.34 bits per heavy atom. The van der Waals surface area contributed by atoms with Crippen LogP contribution in [0.2, 0.25) is 5.02 Å². The van der Waals surface area contributed by atoms with Crippen LogP contribution in [0.25, 0.3) is 5.70 Å². The maximum atomic E-state index is 12.1. The maximum absolute atomic E-state index is 12.1. The number of hydrogen-bond donors (Lipinski definition) is 1. The van der Waals surface area contributed by atoms with Gasteiger partial charge in [0.2, 0.25) is 17.8 Å². The molecular formula is C21H16ClN5O2. The van der Waals surface area contributed by atoms with Gasteiger partial charge in [-0.1, -0.05) is 54.1 Å². The highest BCUT2D eigenvalue weighted by atomic mass is 35.5. The van der Waals surface area contributed by atoms with Crippen LogP contribution in [0.1, 0.15) is 30.0 Å². The van der Waals surface area contributed by atoms with Crippen molar-refractivity contribution in [3.63, 3.8) is 0 Å². The predicted octanol–water partition coefficient (Wildman–Crippen LogP) is 3.64. The van der Waals surface area contributed by atoms with E-state index in [4.69, 9.17) is 11.6 Å². The Morgan fingerprint density at radius 1 is 0.966 bits per heavy atom. The minimum Gasteiger partial charge on any atom is -0.324 e. The Balaban J connectivity index is 1.61. The molecule has 29 heavy (non-hydrogen) atoms. The predicted molar refractivity (Wildman–Crippen MR) is 109 cm³/mol. The summed E-state index contributed by atoms with van der Waals surface area (Å²) >= 11 is 6.02. The molecule has 1 fully saturated rings. The van der Waals surface area contributed by atoms with Crippen molar-refractivity contribution in [1.82, 2.24) is 14.8 Å². The summed E-state index contributed by atoms with van der Waals surface area (Å²) in [5.74, 6) is 0.0145. The van der Waals surface area contributed by atoms with E-state index in [2.05, 4.69) is 15.4 Å². The van der Waals surface area contributed by atoms with Gasteiger partial charge in [0.1, 0.15) is 6.04 Å². The van der Waals surface area contributed by atoms with E-state index in [0.29, 0.717) is 11.0 Å². The van der Waals surface area contributed by atoms with Crippen LogP contribution in [-0.4, -0.2) is 26.6 Å². The summed E-state index contributed by atoms with van der Waals surface area (Å²) in [7, 11) is 0. The molecule has 3 heterocycles. The number of allylic oxidation sites excluding steroid dienone is 1. The SMILES string of the molecule is O=C1CCC(=O)N1c1nc2n(n1)C(c1ccccc1)C=C(c1ccc(Cl)cc1)N2. The summed E-state index contributed by atoms with van der Waals surface area (Å²) in [6, 6.07) is 17.1. The molecule has 1 atom stereocenters. The van der Waals surface area contributed by atoms with Gasteiger partial charge in [0, 0.05) is 23.6 Å². The largest absolute Gasteiger partial charge is 0.324 e. The lowest BCUT2D eigenvalue weighted by atomic mass is 10.0. The number of anilines is 2. The second-order valence-electron chi connectivity index (χ2n) is 6.87. The second kappa shape index (κ2) is 6.86. The lowest BCUT2D eigenvalue weighted by molar-refractivity contribution is -0.121. The van der Waals surface area contributed by atoms with Crippen LogP contribution in [0.5, 0.6) is 0 Å². The van der Waals surface area contributed by atoms with E-state index in [9.17, 15) is 9.59 Å². The number of fused-ring (bicyclic) bond motifs is 1. The summed E-state index contributed by atoms with van der Waals surface area (Å²) in [6.07, 6.45) is 2.41. The van der Waals surface area contributed by atoms with Crippen molar-refractivity contribution in [2.75, 3.05) is 10.2 Å². The molecule has 0 spiro atoms. The number of nitrogens with zero attached hydrogens (tertiary/aromatic N) is 4. The molecule has 2 amide bonds. The van der Waals surface area contributed by atoms with E-state index in [-0.39, 0.29) is 36.6 Å². The van der Waals surface area contributed by atoms with Crippen molar-refractivity contribution in [2.45, 2.75) is 18.9 Å². The average molecular weight is 406 g/mol. The van der Waals surface area contributed by atoms with E-state index in [1.807, 2.05) is 60.7 Å². The highest BCUT2D eigenvalue weighted by Gasteiger charge is 2.35. The Hall–Kier alpha value is -3.45. The van der Waals surface area contributed by atoms with Gasteiger partial charge < -0.3 is 5.32 Å². The van der Waals surface area contributed by atoms with Crippen LogP contribution in [0, 0.1) is 0 Å². The zero-order chi connectivity index (χ0) is 20.0. The zero-order valence-corrected chi connectivity index (χ0v) is 16.0. The molecule has 144 valence electrons. The number of hydrogen-bond acceptors (Lipinski definition) is 5. The molecule has 0 saturated carbocycles. The van der Waals surface area contributed by atoms with Crippen LogP contribution < -0.4 is 10.2 Å². The van der Waals surface area contributed by atoms with Gasteiger partial charge in [-0.05, 0) is 29.3 Å². The van der Waals surface area contributed by atoms with E-state index in [0.717, 1.165) is 21.7 Å². The van der Waals surface area contributed by atoms with Crippen LogP contribution in [-0.2, 0) is 9.59 Å². The fourth-order valence-corrected chi connectivity index (χ4v) is 3.69. The molecule has 1 aromatic heterocycles. The quantitative estimate of drug-likeness (QED) is 0.673. The van der Waals surface area contributed by atoms with E-state index in [1.165, 1.54) is 0 Å². The number of carbonyl (C=O) groups is 2. The van der Waals surface area contributed by atoms with E-state index in [1.54, 1.807) is 4.68 Å². The second-order valence-corrected chi connectivity index (χ2v) is 7.31. The van der Waals surface area contributed by atoms with Gasteiger partial charge in [0.05, 0.1) is 0 Å². The average Bonchev–Trinajstić information content (AvgIpc) is 3.30. The Labute approximate surface area is 171 Å². The smallest absolute Gasteiger partial charge is 0.260 e. The molecule has 0 radical (unpaired) electrons. The molecule has 3 aromatic rings. The van der Waals surface area contributed by atoms with E-state index < -0.39 is 0 Å². The number of benzene rings is 2. The standard InChI is InChI=1S/C21H16ClN5O2/c22-15-8-6-13(7-9-15)16-12-17(14-4-2-1-3-5-14)27-20(23-16)24-21(25-27)26-18(28)10-11-19(26)29/h1-9,12,17H,10-11H2,(H,23,24,25). The number of nitrogens with one attached hydrogen (secondary N) is 1. The van der Waals surface area contributed by atoms with Crippen LogP contribution in [0.3, 0.4) is 0 Å². The molecule has 2 aliphatic rings. The minimum absolute atomic E-state index is 0.103. The van der Waals surface area contributed by atoms with Crippen LogP contribution >= 0.6 is 11.6 Å². The van der Waals surface area contributed by atoms with Gasteiger partial charge in [0.15, 0.2) is 0 Å². The van der Waals surface area contributed by atoms with Crippen molar-refractivity contribution in [3.8, 4) is 0 Å². The lowest BCUT2D eigenvalue weighted by Gasteiger charge is -2.24. The first kappa shape index (κ1) is 17.6. The fourth-order valence-electron chi connectivity index (χ4n) is 3.56. The number of carbonyl (C=O) groups excluding carboxylic acids is 2. The molecule has 1 unspecified atom stereocenters. The topological polar surface area (TPSA) is 80.1 Å². The van der Waals surface area contributed by atoms with Crippen molar-refractivity contribution in [2.24, 2.45) is 0 Å². The Morgan fingerprint density at radius 2 is 1.66 bits per heavy atom. The molecule has 2 aliphatic heterocycles. The molecule has 0 bridgehead atoms. The van der Waals surface area contributed by atoms with Gasteiger partial charge >= 0.3 is 0 Å². The summed E-state index contributed by atoms with van der Waals surface area (Å²) in [5.41, 5.74) is 2.80. The van der Waals surface area contributed by atoms with Crippen molar-refractivity contribution in [1.29, 1.82) is 0 Å². The summed E-state index contributed by atoms with van der Waals surface area (Å²) in [4.78, 5) is 29.8. The first-order valence-electron chi connectivity index (χ1n) is 9.22. The van der Waals surface area contributed by atoms with Gasteiger partial charge in [-0.2, -0.15) is 4.98 Å². The van der Waals surface area contributed by atoms with Gasteiger partial charge in [0.25, 0.3) is 5.95 Å². The number of rotatable bonds is 3. The summed E-state index contributed by atoms with van der Waals surface area (Å²) in [6.45, 7) is 0. The third-order valence-corrected chi connectivity index (χ3v) is 5.25. The van der Waals surface area contributed by atoms with Gasteiger partial charge in [-0.3, -0.25) is 9.59 Å². The minimum atomic E-state index is -0.278. The third kappa shape index (κ3) is 3.09. The maximum Gasteiger partial charge on any atom is 0.260 e. The first-order chi connectivity index (χ1) is 14.1. The van der Waals surface area contributed by atoms with Crippen LogP contribution in [0.15, 0.2) is 60.7 Å². The number of amides is 2. The highest BCUT2D eigenvalue weighted by molar-refractivity contribution is 6.30.